The highest BCUT2D eigenvalue weighted by molar-refractivity contribution is 6.32. The monoisotopic (exact) mass is 234 g/mol. The third kappa shape index (κ3) is 2.09. The van der Waals surface area contributed by atoms with Crippen LogP contribution in [0.15, 0.2) is 36.4 Å². The largest absolute Gasteiger partial charge is 0.495 e. The van der Waals surface area contributed by atoms with Crippen molar-refractivity contribution in [3.8, 4) is 17.0 Å². The fraction of sp³-hybridized carbons (Fsp3) is 0.0833. The number of benzene rings is 1. The van der Waals surface area contributed by atoms with Gasteiger partial charge in [0.1, 0.15) is 11.6 Å². The van der Waals surface area contributed by atoms with E-state index in [0.717, 1.165) is 11.3 Å². The molecule has 1 heterocycles. The highest BCUT2D eigenvalue weighted by Gasteiger charge is 2.04. The van der Waals surface area contributed by atoms with E-state index in [-0.39, 0.29) is 0 Å². The van der Waals surface area contributed by atoms with Crippen LogP contribution in [0.3, 0.4) is 0 Å². The summed E-state index contributed by atoms with van der Waals surface area (Å²) in [5.74, 6) is 1.14. The number of nitrogens with zero attached hydrogens (tertiary/aromatic N) is 1. The van der Waals surface area contributed by atoms with E-state index < -0.39 is 0 Å². The molecule has 0 radical (unpaired) electrons. The van der Waals surface area contributed by atoms with E-state index in [2.05, 4.69) is 4.98 Å². The molecular weight excluding hydrogens is 224 g/mol. The van der Waals surface area contributed by atoms with Crippen LogP contribution in [-0.4, -0.2) is 12.1 Å². The van der Waals surface area contributed by atoms with Gasteiger partial charge < -0.3 is 10.5 Å². The van der Waals surface area contributed by atoms with Crippen molar-refractivity contribution >= 4 is 17.4 Å². The summed E-state index contributed by atoms with van der Waals surface area (Å²) in [4.78, 5) is 4.22. The van der Waals surface area contributed by atoms with Crippen molar-refractivity contribution in [2.75, 3.05) is 12.8 Å². The number of nitrogen functional groups attached to an aromatic ring is 1. The Hall–Kier alpha value is -1.74. The van der Waals surface area contributed by atoms with Crippen LogP contribution in [0.5, 0.6) is 5.75 Å². The molecule has 2 aromatic rings. The molecule has 0 aliphatic rings. The molecule has 0 aliphatic heterocycles. The Morgan fingerprint density at radius 2 is 2.06 bits per heavy atom. The first-order valence-corrected chi connectivity index (χ1v) is 5.15. The quantitative estimate of drug-likeness (QED) is 0.869. The smallest absolute Gasteiger partial charge is 0.137 e. The topological polar surface area (TPSA) is 48.1 Å². The number of methoxy groups -OCH3 is 1. The average Bonchev–Trinajstić information content (AvgIpc) is 2.29. The van der Waals surface area contributed by atoms with E-state index in [1.165, 1.54) is 0 Å². The third-order valence-corrected chi connectivity index (χ3v) is 2.51. The van der Waals surface area contributed by atoms with Crippen molar-refractivity contribution in [3.63, 3.8) is 0 Å². The Balaban J connectivity index is 2.45. The van der Waals surface area contributed by atoms with E-state index in [4.69, 9.17) is 22.1 Å². The molecule has 1 aromatic heterocycles. The van der Waals surface area contributed by atoms with Gasteiger partial charge in [0.05, 0.1) is 17.8 Å². The summed E-state index contributed by atoms with van der Waals surface area (Å²) >= 11 is 6.04. The Morgan fingerprint density at radius 1 is 1.25 bits per heavy atom. The van der Waals surface area contributed by atoms with Crippen molar-refractivity contribution in [1.82, 2.24) is 4.98 Å². The first-order valence-electron chi connectivity index (χ1n) is 4.77. The zero-order chi connectivity index (χ0) is 11.5. The van der Waals surface area contributed by atoms with Crippen molar-refractivity contribution in [2.45, 2.75) is 0 Å². The van der Waals surface area contributed by atoms with Crippen LogP contribution in [0.4, 0.5) is 5.82 Å². The second-order valence-electron chi connectivity index (χ2n) is 3.30. The van der Waals surface area contributed by atoms with Crippen LogP contribution >= 0.6 is 11.6 Å². The van der Waals surface area contributed by atoms with E-state index in [1.807, 2.05) is 30.3 Å². The lowest BCUT2D eigenvalue weighted by atomic mass is 10.1. The summed E-state index contributed by atoms with van der Waals surface area (Å²) in [5, 5.41) is 0.559. The molecule has 4 heteroatoms. The van der Waals surface area contributed by atoms with Crippen molar-refractivity contribution in [3.05, 3.63) is 41.4 Å². The number of rotatable bonds is 2. The van der Waals surface area contributed by atoms with Gasteiger partial charge >= 0.3 is 0 Å². The Kier molecular flexibility index (Phi) is 2.97. The molecule has 0 bridgehead atoms. The van der Waals surface area contributed by atoms with Gasteiger partial charge in [0.15, 0.2) is 0 Å². The minimum Gasteiger partial charge on any atom is -0.495 e. The van der Waals surface area contributed by atoms with Gasteiger partial charge in [-0.1, -0.05) is 17.7 Å². The maximum Gasteiger partial charge on any atom is 0.137 e. The summed E-state index contributed by atoms with van der Waals surface area (Å²) in [7, 11) is 1.58. The molecule has 0 fully saturated rings. The average molecular weight is 235 g/mol. The standard InChI is InChI=1S/C12H11ClN2O/c1-16-11-6-5-8(7-9(11)13)10-3-2-4-12(14)15-10/h2-7H,1H3,(H2,14,15). The second-order valence-corrected chi connectivity index (χ2v) is 3.70. The summed E-state index contributed by atoms with van der Waals surface area (Å²) < 4.78 is 5.08. The summed E-state index contributed by atoms with van der Waals surface area (Å²) in [5.41, 5.74) is 7.33. The van der Waals surface area contributed by atoms with Gasteiger partial charge in [-0.15, -0.1) is 0 Å². The molecule has 1 aromatic carbocycles. The molecule has 3 nitrogen and oxygen atoms in total. The first kappa shape index (κ1) is 10.8. The molecule has 0 unspecified atom stereocenters. The van der Waals surface area contributed by atoms with Gasteiger partial charge in [0.25, 0.3) is 0 Å². The number of aromatic nitrogens is 1. The Bertz CT molecular complexity index is 514. The van der Waals surface area contributed by atoms with Crippen LogP contribution in [0.2, 0.25) is 5.02 Å². The van der Waals surface area contributed by atoms with E-state index in [0.29, 0.717) is 16.6 Å². The predicted molar refractivity (Wildman–Crippen MR) is 65.6 cm³/mol. The third-order valence-electron chi connectivity index (χ3n) is 2.22. The molecule has 82 valence electrons. The highest BCUT2D eigenvalue weighted by Crippen LogP contribution is 2.29. The SMILES string of the molecule is COc1ccc(-c2cccc(N)n2)cc1Cl. The van der Waals surface area contributed by atoms with E-state index in [9.17, 15) is 0 Å². The van der Waals surface area contributed by atoms with Gasteiger partial charge in [-0.05, 0) is 30.3 Å². The Labute approximate surface area is 98.8 Å². The zero-order valence-corrected chi connectivity index (χ0v) is 9.53. The van der Waals surface area contributed by atoms with Crippen LogP contribution in [-0.2, 0) is 0 Å². The Morgan fingerprint density at radius 3 is 2.69 bits per heavy atom. The number of nitrogens with two attached hydrogens (primary N) is 1. The highest BCUT2D eigenvalue weighted by atomic mass is 35.5. The summed E-state index contributed by atoms with van der Waals surface area (Å²) in [6, 6.07) is 11.0. The van der Waals surface area contributed by atoms with Gasteiger partial charge in [0, 0.05) is 5.56 Å². The minimum absolute atomic E-state index is 0.490. The molecule has 0 saturated heterocycles. The van der Waals surface area contributed by atoms with Crippen molar-refractivity contribution in [2.24, 2.45) is 0 Å². The number of hydrogen-bond donors (Lipinski definition) is 1. The predicted octanol–water partition coefficient (Wildman–Crippen LogP) is 2.99. The number of pyridine rings is 1. The fourth-order valence-corrected chi connectivity index (χ4v) is 1.70. The van der Waals surface area contributed by atoms with Gasteiger partial charge in [-0.3, -0.25) is 0 Å². The number of anilines is 1. The lowest BCUT2D eigenvalue weighted by Crippen LogP contribution is -1.91. The molecule has 0 amide bonds. The minimum atomic E-state index is 0.490. The van der Waals surface area contributed by atoms with Gasteiger partial charge in [0.2, 0.25) is 0 Å². The zero-order valence-electron chi connectivity index (χ0n) is 8.77. The first-order chi connectivity index (χ1) is 7.70. The molecule has 16 heavy (non-hydrogen) atoms. The van der Waals surface area contributed by atoms with Crippen LogP contribution in [0.1, 0.15) is 0 Å². The summed E-state index contributed by atoms with van der Waals surface area (Å²) in [6.45, 7) is 0. The maximum atomic E-state index is 6.04. The van der Waals surface area contributed by atoms with Gasteiger partial charge in [-0.2, -0.15) is 0 Å². The normalized spacial score (nSPS) is 10.1. The lowest BCUT2D eigenvalue weighted by molar-refractivity contribution is 0.415. The molecule has 2 N–H and O–H groups in total. The second kappa shape index (κ2) is 4.41. The van der Waals surface area contributed by atoms with Crippen LogP contribution in [0, 0.1) is 0 Å². The number of ether oxygens (including phenoxy) is 1. The summed E-state index contributed by atoms with van der Waals surface area (Å²) in [6.07, 6.45) is 0. The molecular formula is C12H11ClN2O. The van der Waals surface area contributed by atoms with Gasteiger partial charge in [-0.25, -0.2) is 4.98 Å². The van der Waals surface area contributed by atoms with Crippen LogP contribution in [0.25, 0.3) is 11.3 Å². The van der Waals surface area contributed by atoms with Crippen molar-refractivity contribution < 1.29 is 4.74 Å². The maximum absolute atomic E-state index is 6.04. The van der Waals surface area contributed by atoms with Crippen LogP contribution < -0.4 is 10.5 Å². The molecule has 0 saturated carbocycles. The van der Waals surface area contributed by atoms with Crippen molar-refractivity contribution in [1.29, 1.82) is 0 Å². The molecule has 0 spiro atoms. The fourth-order valence-electron chi connectivity index (χ4n) is 1.44. The molecule has 0 atom stereocenters. The molecule has 0 aliphatic carbocycles. The number of hydrogen-bond acceptors (Lipinski definition) is 3. The number of halogens is 1. The molecule has 2 rings (SSSR count). The van der Waals surface area contributed by atoms with E-state index >= 15 is 0 Å². The van der Waals surface area contributed by atoms with E-state index in [1.54, 1.807) is 13.2 Å². The lowest BCUT2D eigenvalue weighted by Gasteiger charge is -2.06.